The van der Waals surface area contributed by atoms with Gasteiger partial charge >= 0.3 is 12.1 Å². The normalized spacial score (nSPS) is 12.2. The van der Waals surface area contributed by atoms with Crippen molar-refractivity contribution in [2.45, 2.75) is 31.6 Å². The van der Waals surface area contributed by atoms with E-state index in [2.05, 4.69) is 0 Å². The summed E-state index contributed by atoms with van der Waals surface area (Å²) in [5, 5.41) is 10.1. The first-order valence-corrected chi connectivity index (χ1v) is 12.5. The van der Waals surface area contributed by atoms with Crippen molar-refractivity contribution in [1.82, 2.24) is 4.90 Å². The van der Waals surface area contributed by atoms with Gasteiger partial charge in [-0.15, -0.1) is 0 Å². The van der Waals surface area contributed by atoms with Crippen LogP contribution in [0.2, 0.25) is 10.0 Å². The molecule has 0 bridgehead atoms. The molecule has 202 valence electrons. The molecule has 10 heteroatoms. The van der Waals surface area contributed by atoms with Crippen molar-refractivity contribution in [3.8, 4) is 11.3 Å². The molecule has 0 aliphatic heterocycles. The van der Waals surface area contributed by atoms with E-state index in [1.807, 2.05) is 30.3 Å². The van der Waals surface area contributed by atoms with E-state index in [0.29, 0.717) is 5.02 Å². The van der Waals surface area contributed by atoms with Gasteiger partial charge in [-0.05, 0) is 54.4 Å². The van der Waals surface area contributed by atoms with Crippen molar-refractivity contribution in [2.24, 2.45) is 0 Å². The van der Waals surface area contributed by atoms with E-state index < -0.39 is 29.7 Å². The van der Waals surface area contributed by atoms with E-state index in [-0.39, 0.29) is 47.1 Å². The summed E-state index contributed by atoms with van der Waals surface area (Å²) in [5.41, 5.74) is 0.319. The van der Waals surface area contributed by atoms with Gasteiger partial charge in [-0.2, -0.15) is 13.2 Å². The average Bonchev–Trinajstić information content (AvgIpc) is 3.35. The third kappa shape index (κ3) is 7.22. The number of alkyl halides is 3. The molecule has 1 N–H and O–H groups in total. The van der Waals surface area contributed by atoms with Gasteiger partial charge in [0.05, 0.1) is 29.1 Å². The van der Waals surface area contributed by atoms with Crippen LogP contribution in [0, 0.1) is 0 Å². The minimum atomic E-state index is -4.52. The third-order valence-electron chi connectivity index (χ3n) is 6.05. The molecule has 0 aliphatic rings. The number of hydrogen-bond acceptors (Lipinski definition) is 3. The second-order valence-electron chi connectivity index (χ2n) is 8.84. The lowest BCUT2D eigenvalue weighted by atomic mass is 10.0. The molecule has 0 saturated heterocycles. The predicted molar refractivity (Wildman–Crippen MR) is 142 cm³/mol. The molecule has 1 heterocycles. The summed E-state index contributed by atoms with van der Waals surface area (Å²) in [6, 6.07) is 20.4. The van der Waals surface area contributed by atoms with Gasteiger partial charge in [0.25, 0.3) is 5.91 Å². The standard InChI is InChI=1S/C29H22Cl2F3NO4/c30-21-9-11-24(25(31)15-21)28(38)35(22(16-27(36)37)13-18-5-2-1-3-6-18)17-23-10-12-26(39-23)19-7-4-8-20(14-19)29(32,33)34/h1-12,14-15,22H,13,16-17H2,(H,36,37)/t22-/m0/s1. The van der Waals surface area contributed by atoms with E-state index in [1.54, 1.807) is 6.07 Å². The highest BCUT2D eigenvalue weighted by Gasteiger charge is 2.31. The fraction of sp³-hybridized carbons (Fsp3) is 0.172. The fourth-order valence-corrected chi connectivity index (χ4v) is 4.69. The number of carbonyl (C=O) groups is 2. The lowest BCUT2D eigenvalue weighted by molar-refractivity contribution is -0.138. The largest absolute Gasteiger partial charge is 0.481 e. The summed E-state index contributed by atoms with van der Waals surface area (Å²) in [7, 11) is 0. The molecule has 3 aromatic carbocycles. The van der Waals surface area contributed by atoms with Crippen molar-refractivity contribution < 1.29 is 32.3 Å². The molecule has 5 nitrogen and oxygen atoms in total. The summed E-state index contributed by atoms with van der Waals surface area (Å²) in [6.07, 6.45) is -4.66. The Kier molecular flexibility index (Phi) is 8.67. The Balaban J connectivity index is 1.71. The van der Waals surface area contributed by atoms with Crippen LogP contribution in [-0.2, 0) is 23.9 Å². The number of carbonyl (C=O) groups excluding carboxylic acids is 1. The van der Waals surface area contributed by atoms with Gasteiger partial charge in [0.2, 0.25) is 0 Å². The van der Waals surface area contributed by atoms with Crippen molar-refractivity contribution in [3.05, 3.63) is 117 Å². The summed E-state index contributed by atoms with van der Waals surface area (Å²) in [5.74, 6) is -1.23. The number of carboxylic acids is 1. The predicted octanol–water partition coefficient (Wildman–Crippen LogP) is 8.00. The Morgan fingerprint density at radius 2 is 1.67 bits per heavy atom. The van der Waals surface area contributed by atoms with Crippen LogP contribution in [0.4, 0.5) is 13.2 Å². The molecule has 0 fully saturated rings. The number of nitrogens with zero attached hydrogens (tertiary/aromatic N) is 1. The van der Waals surface area contributed by atoms with Crippen LogP contribution in [0.15, 0.2) is 89.3 Å². The highest BCUT2D eigenvalue weighted by Crippen LogP contribution is 2.33. The quantitative estimate of drug-likeness (QED) is 0.219. The maximum atomic E-state index is 13.8. The average molecular weight is 576 g/mol. The number of hydrogen-bond donors (Lipinski definition) is 1. The van der Waals surface area contributed by atoms with E-state index in [0.717, 1.165) is 17.7 Å². The van der Waals surface area contributed by atoms with E-state index in [4.69, 9.17) is 27.6 Å². The Bertz CT molecular complexity index is 1470. The first-order valence-electron chi connectivity index (χ1n) is 11.8. The SMILES string of the molecule is O=C(O)C[C@H](Cc1ccccc1)N(Cc1ccc(-c2cccc(C(F)(F)F)c2)o1)C(=O)c1ccc(Cl)cc1Cl. The molecule has 4 aromatic rings. The third-order valence-corrected chi connectivity index (χ3v) is 6.60. The number of furan rings is 1. The van der Waals surface area contributed by atoms with Gasteiger partial charge in [-0.25, -0.2) is 0 Å². The lowest BCUT2D eigenvalue weighted by Crippen LogP contribution is -2.42. The molecule has 4 rings (SSSR count). The second kappa shape index (κ2) is 12.0. The number of carboxylic acid groups (broad SMARTS) is 1. The zero-order valence-electron chi connectivity index (χ0n) is 20.3. The van der Waals surface area contributed by atoms with Crippen LogP contribution >= 0.6 is 23.2 Å². The van der Waals surface area contributed by atoms with Crippen molar-refractivity contribution >= 4 is 35.1 Å². The van der Waals surface area contributed by atoms with Crippen molar-refractivity contribution in [1.29, 1.82) is 0 Å². The van der Waals surface area contributed by atoms with Crippen LogP contribution < -0.4 is 0 Å². The van der Waals surface area contributed by atoms with Gasteiger partial charge in [-0.1, -0.05) is 65.7 Å². The Labute approximate surface area is 232 Å². The molecule has 1 atom stereocenters. The Hall–Kier alpha value is -3.75. The Morgan fingerprint density at radius 1 is 0.923 bits per heavy atom. The second-order valence-corrected chi connectivity index (χ2v) is 9.69. The first-order chi connectivity index (χ1) is 18.5. The molecule has 0 saturated carbocycles. The van der Waals surface area contributed by atoms with E-state index in [1.165, 1.54) is 41.3 Å². The zero-order valence-corrected chi connectivity index (χ0v) is 21.8. The number of aliphatic carboxylic acids is 1. The first kappa shape index (κ1) is 28.3. The maximum Gasteiger partial charge on any atom is 0.416 e. The van der Waals surface area contributed by atoms with E-state index in [9.17, 15) is 27.9 Å². The molecule has 1 amide bonds. The molecular formula is C29H22Cl2F3NO4. The molecule has 0 aliphatic carbocycles. The molecule has 0 radical (unpaired) electrons. The van der Waals surface area contributed by atoms with Crippen LogP contribution in [0.5, 0.6) is 0 Å². The highest BCUT2D eigenvalue weighted by molar-refractivity contribution is 6.36. The molecule has 39 heavy (non-hydrogen) atoms. The number of benzene rings is 3. The van der Waals surface area contributed by atoms with Gasteiger partial charge < -0.3 is 14.4 Å². The number of amides is 1. The van der Waals surface area contributed by atoms with Crippen LogP contribution in [0.25, 0.3) is 11.3 Å². The van der Waals surface area contributed by atoms with Crippen LogP contribution in [0.3, 0.4) is 0 Å². The van der Waals surface area contributed by atoms with Crippen molar-refractivity contribution in [2.75, 3.05) is 0 Å². The summed E-state index contributed by atoms with van der Waals surface area (Å²) in [6.45, 7) is -0.151. The molecule has 0 spiro atoms. The highest BCUT2D eigenvalue weighted by atomic mass is 35.5. The topological polar surface area (TPSA) is 70.8 Å². The lowest BCUT2D eigenvalue weighted by Gasteiger charge is -2.31. The van der Waals surface area contributed by atoms with Gasteiger partial charge in [-0.3, -0.25) is 9.59 Å². The Morgan fingerprint density at radius 3 is 2.33 bits per heavy atom. The van der Waals surface area contributed by atoms with Crippen LogP contribution in [0.1, 0.15) is 33.7 Å². The maximum absolute atomic E-state index is 13.8. The number of rotatable bonds is 9. The summed E-state index contributed by atoms with van der Waals surface area (Å²) in [4.78, 5) is 27.0. The van der Waals surface area contributed by atoms with E-state index >= 15 is 0 Å². The number of halogens is 5. The summed E-state index contributed by atoms with van der Waals surface area (Å²) >= 11 is 12.3. The van der Waals surface area contributed by atoms with Crippen LogP contribution in [-0.4, -0.2) is 27.9 Å². The zero-order chi connectivity index (χ0) is 28.2. The minimum absolute atomic E-state index is 0.0929. The smallest absolute Gasteiger partial charge is 0.416 e. The van der Waals surface area contributed by atoms with Gasteiger partial charge in [0, 0.05) is 16.6 Å². The van der Waals surface area contributed by atoms with Crippen molar-refractivity contribution in [3.63, 3.8) is 0 Å². The molecule has 0 unspecified atom stereocenters. The van der Waals surface area contributed by atoms with Gasteiger partial charge in [0.1, 0.15) is 11.5 Å². The fourth-order valence-electron chi connectivity index (χ4n) is 4.20. The minimum Gasteiger partial charge on any atom is -0.481 e. The molecule has 1 aromatic heterocycles. The molecular weight excluding hydrogens is 554 g/mol. The summed E-state index contributed by atoms with van der Waals surface area (Å²) < 4.78 is 45.4. The van der Waals surface area contributed by atoms with Gasteiger partial charge in [0.15, 0.2) is 0 Å². The monoisotopic (exact) mass is 575 g/mol.